The molecule has 0 fully saturated rings. The molecule has 6 heteroatoms. The monoisotopic (exact) mass is 304 g/mol. The van der Waals surface area contributed by atoms with Gasteiger partial charge in [-0.15, -0.1) is 0 Å². The van der Waals surface area contributed by atoms with Crippen LogP contribution < -0.4 is 0 Å². The van der Waals surface area contributed by atoms with Crippen molar-refractivity contribution in [2.45, 2.75) is 6.54 Å². The van der Waals surface area contributed by atoms with Crippen LogP contribution in [0.3, 0.4) is 0 Å². The van der Waals surface area contributed by atoms with Gasteiger partial charge in [-0.2, -0.15) is 5.10 Å². The molecule has 0 saturated heterocycles. The average molecular weight is 305 g/mol. The summed E-state index contributed by atoms with van der Waals surface area (Å²) in [6.07, 6.45) is 0. The highest BCUT2D eigenvalue weighted by Gasteiger charge is 2.16. The third kappa shape index (κ3) is 2.48. The summed E-state index contributed by atoms with van der Waals surface area (Å²) in [6, 6.07) is 11.1. The van der Waals surface area contributed by atoms with Crippen molar-refractivity contribution < 1.29 is 14.3 Å². The van der Waals surface area contributed by atoms with E-state index in [1.807, 2.05) is 0 Å². The normalized spacial score (nSPS) is 11.0. The zero-order valence-electron chi connectivity index (χ0n) is 10.8. The van der Waals surface area contributed by atoms with Gasteiger partial charge in [-0.1, -0.05) is 35.9 Å². The lowest BCUT2D eigenvalue weighted by molar-refractivity contribution is 0.0691. The van der Waals surface area contributed by atoms with E-state index in [2.05, 4.69) is 5.10 Å². The largest absolute Gasteiger partial charge is 0.476 e. The highest BCUT2D eigenvalue weighted by molar-refractivity contribution is 6.31. The Bertz CT molecular complexity index is 845. The number of aromatic nitrogens is 2. The fraction of sp³-hybridized carbons (Fsp3) is 0.0667. The number of carboxylic acid groups (broad SMARTS) is 1. The molecule has 0 atom stereocenters. The van der Waals surface area contributed by atoms with E-state index in [9.17, 15) is 14.3 Å². The van der Waals surface area contributed by atoms with Crippen molar-refractivity contribution >= 4 is 28.5 Å². The lowest BCUT2D eigenvalue weighted by Gasteiger charge is -2.06. The second kappa shape index (κ2) is 5.18. The van der Waals surface area contributed by atoms with Gasteiger partial charge in [0.25, 0.3) is 0 Å². The highest BCUT2D eigenvalue weighted by Crippen LogP contribution is 2.23. The molecule has 0 aliphatic heterocycles. The minimum Gasteiger partial charge on any atom is -0.476 e. The van der Waals surface area contributed by atoms with Crippen LogP contribution in [-0.4, -0.2) is 20.9 Å². The second-order valence-electron chi connectivity index (χ2n) is 4.56. The van der Waals surface area contributed by atoms with Gasteiger partial charge in [0, 0.05) is 10.4 Å². The lowest BCUT2D eigenvalue weighted by atomic mass is 10.2. The molecule has 1 aromatic heterocycles. The third-order valence-corrected chi connectivity index (χ3v) is 3.55. The number of para-hydroxylation sites is 1. The zero-order valence-corrected chi connectivity index (χ0v) is 11.5. The van der Waals surface area contributed by atoms with E-state index in [4.69, 9.17) is 11.6 Å². The molecule has 0 unspecified atom stereocenters. The van der Waals surface area contributed by atoms with Crippen molar-refractivity contribution in [3.8, 4) is 0 Å². The van der Waals surface area contributed by atoms with Crippen LogP contribution >= 0.6 is 11.6 Å². The molecule has 0 bridgehead atoms. The van der Waals surface area contributed by atoms with Crippen LogP contribution in [0.2, 0.25) is 5.02 Å². The van der Waals surface area contributed by atoms with E-state index < -0.39 is 11.8 Å². The van der Waals surface area contributed by atoms with E-state index >= 15 is 0 Å². The molecule has 4 nitrogen and oxygen atoms in total. The van der Waals surface area contributed by atoms with E-state index in [-0.39, 0.29) is 17.3 Å². The summed E-state index contributed by atoms with van der Waals surface area (Å²) in [6.45, 7) is 0.271. The minimum absolute atomic E-state index is 0.0103. The van der Waals surface area contributed by atoms with Crippen LogP contribution in [0, 0.1) is 5.82 Å². The third-order valence-electron chi connectivity index (χ3n) is 3.20. The van der Waals surface area contributed by atoms with Crippen molar-refractivity contribution in [2.24, 2.45) is 0 Å². The maximum Gasteiger partial charge on any atom is 0.357 e. The zero-order chi connectivity index (χ0) is 15.0. The van der Waals surface area contributed by atoms with Gasteiger partial charge in [0.2, 0.25) is 0 Å². The number of carboxylic acids is 1. The van der Waals surface area contributed by atoms with Gasteiger partial charge in [-0.05, 0) is 23.8 Å². The smallest absolute Gasteiger partial charge is 0.357 e. The Hall–Kier alpha value is -2.40. The molecule has 0 spiro atoms. The number of halogens is 2. The molecule has 1 heterocycles. The molecule has 0 amide bonds. The van der Waals surface area contributed by atoms with E-state index in [0.29, 0.717) is 16.5 Å². The SMILES string of the molecule is O=C(O)c1nn(Cc2ccc(F)cc2Cl)c2ccccc12. The molecule has 0 aliphatic rings. The number of rotatable bonds is 3. The van der Waals surface area contributed by atoms with Gasteiger partial charge in [0.15, 0.2) is 5.69 Å². The highest BCUT2D eigenvalue weighted by atomic mass is 35.5. The van der Waals surface area contributed by atoms with Gasteiger partial charge in [0.1, 0.15) is 5.82 Å². The fourth-order valence-corrected chi connectivity index (χ4v) is 2.44. The van der Waals surface area contributed by atoms with E-state index in [1.54, 1.807) is 35.0 Å². The first-order valence-electron chi connectivity index (χ1n) is 6.19. The number of aromatic carboxylic acids is 1. The second-order valence-corrected chi connectivity index (χ2v) is 4.97. The Balaban J connectivity index is 2.10. The summed E-state index contributed by atoms with van der Waals surface area (Å²) >= 11 is 6.00. The number of carbonyl (C=O) groups is 1. The van der Waals surface area contributed by atoms with Gasteiger partial charge < -0.3 is 5.11 Å². The van der Waals surface area contributed by atoms with Crippen LogP contribution in [0.25, 0.3) is 10.9 Å². The molecule has 3 aromatic rings. The Morgan fingerprint density at radius 1 is 1.29 bits per heavy atom. The van der Waals surface area contributed by atoms with E-state index in [1.165, 1.54) is 12.1 Å². The van der Waals surface area contributed by atoms with Crippen LogP contribution in [0.15, 0.2) is 42.5 Å². The predicted octanol–water partition coefficient (Wildman–Crippen LogP) is 3.58. The Morgan fingerprint density at radius 3 is 2.76 bits per heavy atom. The van der Waals surface area contributed by atoms with E-state index in [0.717, 1.165) is 0 Å². The molecule has 2 aromatic carbocycles. The lowest BCUT2D eigenvalue weighted by Crippen LogP contribution is -2.05. The maximum atomic E-state index is 13.1. The number of hydrogen-bond acceptors (Lipinski definition) is 2. The first-order chi connectivity index (χ1) is 10.1. The first kappa shape index (κ1) is 13.6. The van der Waals surface area contributed by atoms with Crippen molar-refractivity contribution in [3.05, 3.63) is 64.6 Å². The molecule has 21 heavy (non-hydrogen) atoms. The molecule has 1 N–H and O–H groups in total. The van der Waals surface area contributed by atoms with Crippen LogP contribution in [-0.2, 0) is 6.54 Å². The average Bonchev–Trinajstić information content (AvgIpc) is 2.81. The fourth-order valence-electron chi connectivity index (χ4n) is 2.22. The Morgan fingerprint density at radius 2 is 2.05 bits per heavy atom. The standard InChI is InChI=1S/C15H10ClFN2O2/c16-12-7-10(17)6-5-9(12)8-19-13-4-2-1-3-11(13)14(18-19)15(20)21/h1-7H,8H2,(H,20,21). The minimum atomic E-state index is -1.09. The maximum absolute atomic E-state index is 13.1. The topological polar surface area (TPSA) is 55.1 Å². The molecule has 106 valence electrons. The quantitative estimate of drug-likeness (QED) is 0.804. The van der Waals surface area contributed by atoms with Crippen molar-refractivity contribution in [2.75, 3.05) is 0 Å². The summed E-state index contributed by atoms with van der Waals surface area (Å²) in [7, 11) is 0. The van der Waals surface area contributed by atoms with Crippen molar-refractivity contribution in [3.63, 3.8) is 0 Å². The molecule has 0 saturated carbocycles. The molecular weight excluding hydrogens is 295 g/mol. The van der Waals surface area contributed by atoms with Crippen LogP contribution in [0.5, 0.6) is 0 Å². The summed E-state index contributed by atoms with van der Waals surface area (Å²) in [5, 5.41) is 14.2. The summed E-state index contributed by atoms with van der Waals surface area (Å²) in [5.41, 5.74) is 1.35. The molecule has 3 rings (SSSR count). The first-order valence-corrected chi connectivity index (χ1v) is 6.57. The number of hydrogen-bond donors (Lipinski definition) is 1. The number of nitrogens with zero attached hydrogens (tertiary/aromatic N) is 2. The summed E-state index contributed by atoms with van der Waals surface area (Å²) < 4.78 is 14.6. The molecule has 0 aliphatic carbocycles. The van der Waals surface area contributed by atoms with Gasteiger partial charge in [-0.25, -0.2) is 9.18 Å². The van der Waals surface area contributed by atoms with Gasteiger partial charge >= 0.3 is 5.97 Å². The van der Waals surface area contributed by atoms with Crippen LogP contribution in [0.4, 0.5) is 4.39 Å². The summed E-state index contributed by atoms with van der Waals surface area (Å²) in [5.74, 6) is -1.50. The van der Waals surface area contributed by atoms with Gasteiger partial charge in [0.05, 0.1) is 12.1 Å². The predicted molar refractivity (Wildman–Crippen MR) is 77.2 cm³/mol. The Labute approximate surface area is 124 Å². The molecule has 0 radical (unpaired) electrons. The van der Waals surface area contributed by atoms with Crippen molar-refractivity contribution in [1.82, 2.24) is 9.78 Å². The number of fused-ring (bicyclic) bond motifs is 1. The molecular formula is C15H10ClFN2O2. The van der Waals surface area contributed by atoms with Crippen LogP contribution in [0.1, 0.15) is 16.1 Å². The summed E-state index contributed by atoms with van der Waals surface area (Å²) in [4.78, 5) is 11.2. The Kier molecular flexibility index (Phi) is 3.35. The van der Waals surface area contributed by atoms with Crippen molar-refractivity contribution in [1.29, 1.82) is 0 Å². The van der Waals surface area contributed by atoms with Gasteiger partial charge in [-0.3, -0.25) is 4.68 Å². The number of benzene rings is 2.